The van der Waals surface area contributed by atoms with E-state index in [-0.39, 0.29) is 10.8 Å². The predicted molar refractivity (Wildman–Crippen MR) is 61.7 cm³/mol. The SMILES string of the molecule is CC1(O)CCN(c2ncc(C(F)(F)F)cc2Cl)C1. The highest BCUT2D eigenvalue weighted by atomic mass is 35.5. The number of aromatic nitrogens is 1. The third-order valence-electron chi connectivity index (χ3n) is 2.90. The zero-order valence-electron chi connectivity index (χ0n) is 9.63. The van der Waals surface area contributed by atoms with E-state index in [0.29, 0.717) is 19.5 Å². The van der Waals surface area contributed by atoms with Gasteiger partial charge in [0.15, 0.2) is 0 Å². The summed E-state index contributed by atoms with van der Waals surface area (Å²) in [5, 5.41) is 9.76. The lowest BCUT2D eigenvalue weighted by atomic mass is 10.1. The predicted octanol–water partition coefficient (Wildman–Crippen LogP) is 2.71. The first-order chi connectivity index (χ1) is 8.19. The van der Waals surface area contributed by atoms with Gasteiger partial charge in [0.05, 0.1) is 16.2 Å². The van der Waals surface area contributed by atoms with Crippen molar-refractivity contribution in [2.45, 2.75) is 25.1 Å². The van der Waals surface area contributed by atoms with Crippen LogP contribution in [0.2, 0.25) is 5.02 Å². The summed E-state index contributed by atoms with van der Waals surface area (Å²) in [5.74, 6) is 0.280. The molecule has 1 aliphatic rings. The summed E-state index contributed by atoms with van der Waals surface area (Å²) >= 11 is 5.82. The Hall–Kier alpha value is -1.01. The Morgan fingerprint density at radius 3 is 2.61 bits per heavy atom. The molecule has 0 aromatic carbocycles. The lowest BCUT2D eigenvalue weighted by Gasteiger charge is -2.21. The van der Waals surface area contributed by atoms with Crippen molar-refractivity contribution in [1.82, 2.24) is 4.98 Å². The normalized spacial score (nSPS) is 24.7. The Kier molecular flexibility index (Phi) is 3.19. The van der Waals surface area contributed by atoms with E-state index in [0.717, 1.165) is 12.3 Å². The average Bonchev–Trinajstić information content (AvgIpc) is 2.57. The van der Waals surface area contributed by atoms with Gasteiger partial charge in [-0.1, -0.05) is 11.6 Å². The number of hydrogen-bond acceptors (Lipinski definition) is 3. The van der Waals surface area contributed by atoms with Crippen LogP contribution in [-0.4, -0.2) is 28.8 Å². The summed E-state index contributed by atoms with van der Waals surface area (Å²) < 4.78 is 37.3. The Labute approximate surface area is 107 Å². The molecule has 1 saturated heterocycles. The first-order valence-corrected chi connectivity index (χ1v) is 5.77. The quantitative estimate of drug-likeness (QED) is 0.859. The molecule has 1 aromatic heterocycles. The molecule has 2 rings (SSSR count). The van der Waals surface area contributed by atoms with E-state index in [1.165, 1.54) is 0 Å². The van der Waals surface area contributed by atoms with Crippen LogP contribution in [0.3, 0.4) is 0 Å². The molecular weight excluding hydrogens is 269 g/mol. The summed E-state index contributed by atoms with van der Waals surface area (Å²) in [7, 11) is 0. The third kappa shape index (κ3) is 2.70. The molecule has 3 nitrogen and oxygen atoms in total. The van der Waals surface area contributed by atoms with Gasteiger partial charge in [0.1, 0.15) is 5.82 Å². The minimum atomic E-state index is -4.45. The van der Waals surface area contributed by atoms with E-state index < -0.39 is 17.3 Å². The van der Waals surface area contributed by atoms with Gasteiger partial charge >= 0.3 is 6.18 Å². The molecule has 1 unspecified atom stereocenters. The summed E-state index contributed by atoms with van der Waals surface area (Å²) in [4.78, 5) is 5.44. The van der Waals surface area contributed by atoms with Gasteiger partial charge in [-0.05, 0) is 19.4 Å². The van der Waals surface area contributed by atoms with Crippen molar-refractivity contribution in [3.8, 4) is 0 Å². The van der Waals surface area contributed by atoms with E-state index in [2.05, 4.69) is 4.98 Å². The number of nitrogens with zero attached hydrogens (tertiary/aromatic N) is 2. The van der Waals surface area contributed by atoms with Crippen molar-refractivity contribution < 1.29 is 18.3 Å². The molecule has 100 valence electrons. The van der Waals surface area contributed by atoms with Crippen LogP contribution in [-0.2, 0) is 6.18 Å². The first kappa shape index (κ1) is 13.4. The average molecular weight is 281 g/mol. The maximum atomic E-state index is 12.4. The van der Waals surface area contributed by atoms with Crippen LogP contribution < -0.4 is 4.90 Å². The fourth-order valence-electron chi connectivity index (χ4n) is 1.94. The number of alkyl halides is 3. The maximum absolute atomic E-state index is 12.4. The standard InChI is InChI=1S/C11H12ClF3N2O/c1-10(18)2-3-17(6-10)9-8(12)4-7(5-16-9)11(13,14)15/h4-5,18H,2-3,6H2,1H3. The fourth-order valence-corrected chi connectivity index (χ4v) is 2.23. The molecule has 1 aliphatic heterocycles. The van der Waals surface area contributed by atoms with Crippen molar-refractivity contribution in [2.75, 3.05) is 18.0 Å². The zero-order valence-corrected chi connectivity index (χ0v) is 10.4. The Balaban J connectivity index is 2.26. The molecule has 0 spiro atoms. The van der Waals surface area contributed by atoms with Crippen LogP contribution in [0.25, 0.3) is 0 Å². The van der Waals surface area contributed by atoms with E-state index in [1.54, 1.807) is 11.8 Å². The minimum absolute atomic E-state index is 0.0532. The van der Waals surface area contributed by atoms with Crippen molar-refractivity contribution in [1.29, 1.82) is 0 Å². The van der Waals surface area contributed by atoms with Crippen LogP contribution in [0.4, 0.5) is 19.0 Å². The molecule has 1 atom stereocenters. The number of rotatable bonds is 1. The second-order valence-electron chi connectivity index (χ2n) is 4.70. The Morgan fingerprint density at radius 2 is 2.17 bits per heavy atom. The molecule has 1 N–H and O–H groups in total. The van der Waals surface area contributed by atoms with Crippen LogP contribution in [0.1, 0.15) is 18.9 Å². The first-order valence-electron chi connectivity index (χ1n) is 5.39. The lowest BCUT2D eigenvalue weighted by molar-refractivity contribution is -0.137. The van der Waals surface area contributed by atoms with E-state index in [9.17, 15) is 18.3 Å². The third-order valence-corrected chi connectivity index (χ3v) is 3.18. The Morgan fingerprint density at radius 1 is 1.50 bits per heavy atom. The molecule has 1 aromatic rings. The topological polar surface area (TPSA) is 36.4 Å². The summed E-state index contributed by atoms with van der Waals surface area (Å²) in [6.07, 6.45) is -3.16. The van der Waals surface area contributed by atoms with Crippen LogP contribution in [0.5, 0.6) is 0 Å². The van der Waals surface area contributed by atoms with Gasteiger partial charge in [-0.15, -0.1) is 0 Å². The maximum Gasteiger partial charge on any atom is 0.417 e. The number of hydrogen-bond donors (Lipinski definition) is 1. The molecule has 0 amide bonds. The molecule has 1 fully saturated rings. The van der Waals surface area contributed by atoms with E-state index in [4.69, 9.17) is 11.6 Å². The van der Waals surface area contributed by atoms with Crippen molar-refractivity contribution in [3.63, 3.8) is 0 Å². The number of β-amino-alcohol motifs (C(OH)–C–C–N with tert-alkyl or cyclic N) is 1. The van der Waals surface area contributed by atoms with Crippen LogP contribution in [0, 0.1) is 0 Å². The summed E-state index contributed by atoms with van der Waals surface area (Å²) in [5.41, 5.74) is -1.73. The van der Waals surface area contributed by atoms with Crippen LogP contribution >= 0.6 is 11.6 Å². The number of pyridine rings is 1. The lowest BCUT2D eigenvalue weighted by Crippen LogP contribution is -2.30. The molecular formula is C11H12ClF3N2O. The van der Waals surface area contributed by atoms with E-state index in [1.807, 2.05) is 0 Å². The summed E-state index contributed by atoms with van der Waals surface area (Å²) in [6.45, 7) is 2.50. The van der Waals surface area contributed by atoms with Gasteiger partial charge in [0.2, 0.25) is 0 Å². The van der Waals surface area contributed by atoms with Gasteiger partial charge in [-0.3, -0.25) is 0 Å². The molecule has 18 heavy (non-hydrogen) atoms. The fraction of sp³-hybridized carbons (Fsp3) is 0.545. The van der Waals surface area contributed by atoms with Gasteiger partial charge < -0.3 is 10.0 Å². The van der Waals surface area contributed by atoms with E-state index >= 15 is 0 Å². The smallest absolute Gasteiger partial charge is 0.388 e. The van der Waals surface area contributed by atoms with Crippen LogP contribution in [0.15, 0.2) is 12.3 Å². The number of aliphatic hydroxyl groups is 1. The largest absolute Gasteiger partial charge is 0.417 e. The highest BCUT2D eigenvalue weighted by Crippen LogP contribution is 2.35. The van der Waals surface area contributed by atoms with Gasteiger partial charge in [-0.25, -0.2) is 4.98 Å². The van der Waals surface area contributed by atoms with Crippen molar-refractivity contribution >= 4 is 17.4 Å². The molecule has 0 radical (unpaired) electrons. The minimum Gasteiger partial charge on any atom is -0.388 e. The highest BCUT2D eigenvalue weighted by molar-refractivity contribution is 6.33. The molecule has 0 bridgehead atoms. The Bertz CT molecular complexity index is 462. The summed E-state index contributed by atoms with van der Waals surface area (Å²) in [6, 6.07) is 0.858. The molecule has 2 heterocycles. The van der Waals surface area contributed by atoms with Crippen molar-refractivity contribution in [2.24, 2.45) is 0 Å². The van der Waals surface area contributed by atoms with Gasteiger partial charge in [-0.2, -0.15) is 13.2 Å². The second kappa shape index (κ2) is 4.28. The highest BCUT2D eigenvalue weighted by Gasteiger charge is 2.35. The van der Waals surface area contributed by atoms with Gasteiger partial charge in [0.25, 0.3) is 0 Å². The number of anilines is 1. The molecule has 0 saturated carbocycles. The van der Waals surface area contributed by atoms with Gasteiger partial charge in [0, 0.05) is 19.3 Å². The zero-order chi connectivity index (χ0) is 13.6. The van der Waals surface area contributed by atoms with Crippen molar-refractivity contribution in [3.05, 3.63) is 22.8 Å². The molecule has 0 aliphatic carbocycles. The number of halogens is 4. The second-order valence-corrected chi connectivity index (χ2v) is 5.10. The monoisotopic (exact) mass is 280 g/mol. The molecule has 7 heteroatoms.